The van der Waals surface area contributed by atoms with E-state index < -0.39 is 0 Å². The first-order chi connectivity index (χ1) is 9.66. The third kappa shape index (κ3) is 4.50. The maximum atomic E-state index is 9.50. The minimum absolute atomic E-state index is 0.292. The van der Waals surface area contributed by atoms with Gasteiger partial charge in [0.05, 0.1) is 0 Å². The van der Waals surface area contributed by atoms with Gasteiger partial charge in [-0.05, 0) is 70.4 Å². The predicted octanol–water partition coefficient (Wildman–Crippen LogP) is 3.31. The number of piperidine rings is 1. The Labute approximate surface area is 123 Å². The Morgan fingerprint density at radius 3 is 3.00 bits per heavy atom. The van der Waals surface area contributed by atoms with E-state index in [2.05, 4.69) is 30.1 Å². The molecule has 2 rings (SSSR count). The van der Waals surface area contributed by atoms with E-state index in [1.165, 1.54) is 38.8 Å². The lowest BCUT2D eigenvalue weighted by Crippen LogP contribution is -2.39. The zero-order valence-corrected chi connectivity index (χ0v) is 12.8. The molecule has 0 spiro atoms. The lowest BCUT2D eigenvalue weighted by molar-refractivity contribution is 0.158. The van der Waals surface area contributed by atoms with Crippen molar-refractivity contribution in [1.82, 2.24) is 10.2 Å². The van der Waals surface area contributed by atoms with Crippen molar-refractivity contribution in [1.29, 1.82) is 0 Å². The maximum absolute atomic E-state index is 9.50. The number of phenols is 1. The van der Waals surface area contributed by atoms with E-state index in [9.17, 15) is 5.11 Å². The highest BCUT2D eigenvalue weighted by molar-refractivity contribution is 5.28. The summed E-state index contributed by atoms with van der Waals surface area (Å²) in [6, 6.07) is 8.56. The number of phenolic OH excluding ortho intramolecular Hbond substituents is 1. The Balaban J connectivity index is 1.67. The van der Waals surface area contributed by atoms with Gasteiger partial charge in [0, 0.05) is 12.1 Å². The number of benzene rings is 1. The van der Waals surface area contributed by atoms with Crippen LogP contribution in [-0.4, -0.2) is 35.7 Å². The summed E-state index contributed by atoms with van der Waals surface area (Å²) in [6.45, 7) is 7.99. The zero-order valence-electron chi connectivity index (χ0n) is 12.8. The van der Waals surface area contributed by atoms with Gasteiger partial charge in [0.1, 0.15) is 5.75 Å². The van der Waals surface area contributed by atoms with Crippen LogP contribution >= 0.6 is 0 Å². The molecule has 0 amide bonds. The lowest BCUT2D eigenvalue weighted by Gasteiger charge is -2.33. The summed E-state index contributed by atoms with van der Waals surface area (Å²) >= 11 is 0. The molecular weight excluding hydrogens is 248 g/mol. The smallest absolute Gasteiger partial charge is 0.115 e. The first-order valence-electron chi connectivity index (χ1n) is 7.93. The Bertz CT molecular complexity index is 408. The van der Waals surface area contributed by atoms with Crippen molar-refractivity contribution >= 4 is 0 Å². The molecule has 1 saturated heterocycles. The Kier molecular flexibility index (Phi) is 5.86. The molecule has 2 atom stereocenters. The standard InChI is InChI=1S/C17H28N2O/c1-14-7-3-4-11-19(14)12-6-10-18-15(2)16-8-5-9-17(20)13-16/h5,8-9,13-15,18,20H,3-4,6-7,10-12H2,1-2H3. The van der Waals surface area contributed by atoms with Gasteiger partial charge < -0.3 is 15.3 Å². The minimum Gasteiger partial charge on any atom is -0.508 e. The summed E-state index contributed by atoms with van der Waals surface area (Å²) in [7, 11) is 0. The van der Waals surface area contributed by atoms with Gasteiger partial charge in [-0.1, -0.05) is 18.6 Å². The molecule has 1 fully saturated rings. The van der Waals surface area contributed by atoms with E-state index >= 15 is 0 Å². The number of hydrogen-bond acceptors (Lipinski definition) is 3. The molecule has 1 aliphatic heterocycles. The van der Waals surface area contributed by atoms with E-state index in [1.54, 1.807) is 6.07 Å². The maximum Gasteiger partial charge on any atom is 0.115 e. The summed E-state index contributed by atoms with van der Waals surface area (Å²) in [5.74, 6) is 0.346. The lowest BCUT2D eigenvalue weighted by atomic mass is 10.0. The summed E-state index contributed by atoms with van der Waals surface area (Å²) in [5, 5.41) is 13.0. The van der Waals surface area contributed by atoms with Gasteiger partial charge in [0.25, 0.3) is 0 Å². The summed E-state index contributed by atoms with van der Waals surface area (Å²) in [4.78, 5) is 2.62. The van der Waals surface area contributed by atoms with E-state index in [-0.39, 0.29) is 0 Å². The fourth-order valence-corrected chi connectivity index (χ4v) is 3.00. The monoisotopic (exact) mass is 276 g/mol. The molecule has 1 aromatic rings. The molecule has 1 aliphatic rings. The molecule has 1 heterocycles. The van der Waals surface area contributed by atoms with Crippen LogP contribution in [0.4, 0.5) is 0 Å². The summed E-state index contributed by atoms with van der Waals surface area (Å²) in [5.41, 5.74) is 1.15. The van der Waals surface area contributed by atoms with Gasteiger partial charge >= 0.3 is 0 Å². The number of nitrogens with one attached hydrogen (secondary N) is 1. The van der Waals surface area contributed by atoms with Crippen LogP contribution < -0.4 is 5.32 Å². The topological polar surface area (TPSA) is 35.5 Å². The second-order valence-corrected chi connectivity index (χ2v) is 6.01. The highest BCUT2D eigenvalue weighted by atomic mass is 16.3. The van der Waals surface area contributed by atoms with Crippen molar-refractivity contribution in [3.63, 3.8) is 0 Å². The third-order valence-electron chi connectivity index (χ3n) is 4.38. The number of nitrogens with zero attached hydrogens (tertiary/aromatic N) is 1. The Hall–Kier alpha value is -1.06. The van der Waals surface area contributed by atoms with Crippen LogP contribution in [0.15, 0.2) is 24.3 Å². The number of likely N-dealkylation sites (tertiary alicyclic amines) is 1. The molecule has 3 nitrogen and oxygen atoms in total. The first kappa shape index (κ1) is 15.3. The van der Waals surface area contributed by atoms with Crippen molar-refractivity contribution in [2.75, 3.05) is 19.6 Å². The van der Waals surface area contributed by atoms with Gasteiger partial charge in [0.2, 0.25) is 0 Å². The van der Waals surface area contributed by atoms with Crippen molar-refractivity contribution in [3.8, 4) is 5.75 Å². The fraction of sp³-hybridized carbons (Fsp3) is 0.647. The molecule has 2 N–H and O–H groups in total. The third-order valence-corrected chi connectivity index (χ3v) is 4.38. The summed E-state index contributed by atoms with van der Waals surface area (Å²) < 4.78 is 0. The van der Waals surface area contributed by atoms with Gasteiger partial charge in [-0.2, -0.15) is 0 Å². The normalized spacial score (nSPS) is 21.8. The first-order valence-corrected chi connectivity index (χ1v) is 7.93. The molecule has 20 heavy (non-hydrogen) atoms. The van der Waals surface area contributed by atoms with Crippen molar-refractivity contribution < 1.29 is 5.11 Å². The van der Waals surface area contributed by atoms with Crippen LogP contribution in [0, 0.1) is 0 Å². The average Bonchev–Trinajstić information content (AvgIpc) is 2.45. The second-order valence-electron chi connectivity index (χ2n) is 6.01. The van der Waals surface area contributed by atoms with Crippen molar-refractivity contribution in [3.05, 3.63) is 29.8 Å². The fourth-order valence-electron chi connectivity index (χ4n) is 3.00. The van der Waals surface area contributed by atoms with Gasteiger partial charge in [-0.3, -0.25) is 0 Å². The average molecular weight is 276 g/mol. The van der Waals surface area contributed by atoms with E-state index in [0.717, 1.165) is 18.2 Å². The SMILES string of the molecule is CC(NCCCN1CCCCC1C)c1cccc(O)c1. The molecular formula is C17H28N2O. The van der Waals surface area contributed by atoms with E-state index in [0.29, 0.717) is 11.8 Å². The van der Waals surface area contributed by atoms with Crippen LogP contribution in [0.2, 0.25) is 0 Å². The van der Waals surface area contributed by atoms with Gasteiger partial charge in [0.15, 0.2) is 0 Å². The molecule has 2 unspecified atom stereocenters. The molecule has 112 valence electrons. The van der Waals surface area contributed by atoms with E-state index in [4.69, 9.17) is 0 Å². The van der Waals surface area contributed by atoms with Crippen molar-refractivity contribution in [2.45, 2.75) is 51.6 Å². The molecule has 0 aliphatic carbocycles. The Morgan fingerprint density at radius 1 is 1.40 bits per heavy atom. The van der Waals surface area contributed by atoms with Crippen LogP contribution in [-0.2, 0) is 0 Å². The number of rotatable bonds is 6. The molecule has 0 aromatic heterocycles. The van der Waals surface area contributed by atoms with Crippen LogP contribution in [0.1, 0.15) is 51.1 Å². The largest absolute Gasteiger partial charge is 0.508 e. The predicted molar refractivity (Wildman–Crippen MR) is 84.0 cm³/mol. The highest BCUT2D eigenvalue weighted by Crippen LogP contribution is 2.18. The zero-order chi connectivity index (χ0) is 14.4. The Morgan fingerprint density at radius 2 is 2.25 bits per heavy atom. The molecule has 0 saturated carbocycles. The second kappa shape index (κ2) is 7.65. The quantitative estimate of drug-likeness (QED) is 0.783. The van der Waals surface area contributed by atoms with Gasteiger partial charge in [-0.15, -0.1) is 0 Å². The van der Waals surface area contributed by atoms with Crippen LogP contribution in [0.5, 0.6) is 5.75 Å². The number of hydrogen-bond donors (Lipinski definition) is 2. The molecule has 0 radical (unpaired) electrons. The minimum atomic E-state index is 0.292. The highest BCUT2D eigenvalue weighted by Gasteiger charge is 2.17. The van der Waals surface area contributed by atoms with Crippen LogP contribution in [0.3, 0.4) is 0 Å². The van der Waals surface area contributed by atoms with Gasteiger partial charge in [-0.25, -0.2) is 0 Å². The van der Waals surface area contributed by atoms with Crippen LogP contribution in [0.25, 0.3) is 0 Å². The summed E-state index contributed by atoms with van der Waals surface area (Å²) in [6.07, 6.45) is 5.29. The van der Waals surface area contributed by atoms with Crippen molar-refractivity contribution in [2.24, 2.45) is 0 Å². The molecule has 1 aromatic carbocycles. The van der Waals surface area contributed by atoms with E-state index in [1.807, 2.05) is 12.1 Å². The molecule has 0 bridgehead atoms. The number of aromatic hydroxyl groups is 1. The molecule has 3 heteroatoms.